The fraction of sp³-hybridized carbons (Fsp3) is 0.500. The number of rotatable bonds is 1. The van der Waals surface area contributed by atoms with Crippen LogP contribution < -0.4 is 0 Å². The van der Waals surface area contributed by atoms with Gasteiger partial charge in [-0.15, -0.1) is 0 Å². The third-order valence-corrected chi connectivity index (χ3v) is 3.24. The predicted molar refractivity (Wildman–Crippen MR) is 55.1 cm³/mol. The molecule has 14 heavy (non-hydrogen) atoms. The Morgan fingerprint density at radius 3 is 3.07 bits per heavy atom. The third-order valence-electron chi connectivity index (χ3n) is 3.24. The van der Waals surface area contributed by atoms with Crippen molar-refractivity contribution in [2.24, 2.45) is 5.41 Å². The van der Waals surface area contributed by atoms with Gasteiger partial charge in [-0.25, -0.2) is 0 Å². The van der Waals surface area contributed by atoms with Gasteiger partial charge in [0.25, 0.3) is 0 Å². The van der Waals surface area contributed by atoms with Crippen LogP contribution in [0.5, 0.6) is 0 Å². The van der Waals surface area contributed by atoms with Crippen molar-refractivity contribution in [3.8, 4) is 0 Å². The molecule has 1 unspecified atom stereocenters. The van der Waals surface area contributed by atoms with Gasteiger partial charge in [-0.1, -0.05) is 19.9 Å². The molecule has 0 radical (unpaired) electrons. The fourth-order valence-corrected chi connectivity index (χ4v) is 2.17. The van der Waals surface area contributed by atoms with Gasteiger partial charge in [-0.05, 0) is 29.9 Å². The average molecular weight is 189 g/mol. The number of aromatic nitrogens is 1. The summed E-state index contributed by atoms with van der Waals surface area (Å²) in [5.74, 6) is -0.0348. The Morgan fingerprint density at radius 1 is 1.57 bits per heavy atom. The maximum absolute atomic E-state index is 11.1. The Kier molecular flexibility index (Phi) is 2.14. The molecule has 0 saturated carbocycles. The van der Waals surface area contributed by atoms with Crippen molar-refractivity contribution in [1.82, 2.24) is 4.98 Å². The molecule has 1 aliphatic rings. The molecule has 0 fully saturated rings. The van der Waals surface area contributed by atoms with Gasteiger partial charge in [0.1, 0.15) is 6.29 Å². The molecule has 0 N–H and O–H groups in total. The van der Waals surface area contributed by atoms with Crippen LogP contribution in [0.2, 0.25) is 0 Å². The van der Waals surface area contributed by atoms with E-state index in [9.17, 15) is 4.79 Å². The van der Waals surface area contributed by atoms with Crippen LogP contribution in [-0.4, -0.2) is 11.3 Å². The van der Waals surface area contributed by atoms with E-state index >= 15 is 0 Å². The zero-order valence-corrected chi connectivity index (χ0v) is 8.66. The molecule has 2 nitrogen and oxygen atoms in total. The molecule has 0 aliphatic heterocycles. The molecule has 1 heterocycles. The molecular formula is C12H15NO. The maximum Gasteiger partial charge on any atom is 0.129 e. The molecule has 1 aliphatic carbocycles. The van der Waals surface area contributed by atoms with E-state index in [4.69, 9.17) is 0 Å². The average Bonchev–Trinajstić information content (AvgIpc) is 2.17. The Bertz CT molecular complexity index is 357. The summed E-state index contributed by atoms with van der Waals surface area (Å²) in [4.78, 5) is 15.4. The van der Waals surface area contributed by atoms with Gasteiger partial charge in [-0.2, -0.15) is 0 Å². The van der Waals surface area contributed by atoms with E-state index < -0.39 is 0 Å². The number of aryl methyl sites for hydroxylation is 1. The van der Waals surface area contributed by atoms with Crippen LogP contribution >= 0.6 is 0 Å². The quantitative estimate of drug-likeness (QED) is 0.635. The predicted octanol–water partition coefficient (Wildman–Crippen LogP) is 2.34. The highest BCUT2D eigenvalue weighted by molar-refractivity contribution is 5.64. The summed E-state index contributed by atoms with van der Waals surface area (Å²) in [6, 6.07) is 4.02. The number of aldehydes is 1. The zero-order valence-electron chi connectivity index (χ0n) is 8.66. The van der Waals surface area contributed by atoms with Crippen LogP contribution in [0.4, 0.5) is 0 Å². The van der Waals surface area contributed by atoms with Gasteiger partial charge in [0.15, 0.2) is 0 Å². The highest BCUT2D eigenvalue weighted by Gasteiger charge is 2.36. The first-order valence-corrected chi connectivity index (χ1v) is 5.04. The van der Waals surface area contributed by atoms with Gasteiger partial charge in [0, 0.05) is 6.20 Å². The smallest absolute Gasteiger partial charge is 0.129 e. The van der Waals surface area contributed by atoms with Crippen molar-refractivity contribution >= 4 is 6.29 Å². The molecular weight excluding hydrogens is 174 g/mol. The summed E-state index contributed by atoms with van der Waals surface area (Å²) in [6.07, 6.45) is 4.93. The van der Waals surface area contributed by atoms with Gasteiger partial charge in [0.05, 0.1) is 11.6 Å². The number of hydrogen-bond acceptors (Lipinski definition) is 2. The first kappa shape index (κ1) is 9.38. The summed E-state index contributed by atoms with van der Waals surface area (Å²) in [5, 5.41) is 0. The van der Waals surface area contributed by atoms with Gasteiger partial charge >= 0.3 is 0 Å². The third kappa shape index (κ3) is 1.35. The standard InChI is InChI=1S/C12H15NO/c1-12(2)6-5-9-4-3-7-13-11(9)10(12)8-14/h3-4,7-8,10H,5-6H2,1-2H3. The summed E-state index contributed by atoms with van der Waals surface area (Å²) in [5.41, 5.74) is 2.28. The first-order chi connectivity index (χ1) is 6.65. The SMILES string of the molecule is CC1(C)CCc2cccnc2C1C=O. The van der Waals surface area contributed by atoms with Crippen LogP contribution in [0.1, 0.15) is 37.4 Å². The van der Waals surface area contributed by atoms with Crippen LogP contribution in [0.15, 0.2) is 18.3 Å². The van der Waals surface area contributed by atoms with E-state index in [2.05, 4.69) is 24.9 Å². The van der Waals surface area contributed by atoms with E-state index in [1.165, 1.54) is 5.56 Å². The van der Waals surface area contributed by atoms with Crippen molar-refractivity contribution < 1.29 is 4.79 Å². The van der Waals surface area contributed by atoms with Gasteiger partial charge in [0.2, 0.25) is 0 Å². The van der Waals surface area contributed by atoms with E-state index in [0.29, 0.717) is 0 Å². The van der Waals surface area contributed by atoms with E-state index in [1.807, 2.05) is 6.07 Å². The fourth-order valence-electron chi connectivity index (χ4n) is 2.17. The summed E-state index contributed by atoms with van der Waals surface area (Å²) in [7, 11) is 0. The Morgan fingerprint density at radius 2 is 2.36 bits per heavy atom. The minimum Gasteiger partial charge on any atom is -0.303 e. The van der Waals surface area contributed by atoms with Crippen LogP contribution in [0, 0.1) is 5.41 Å². The Hall–Kier alpha value is -1.18. The highest BCUT2D eigenvalue weighted by atomic mass is 16.1. The summed E-state index contributed by atoms with van der Waals surface area (Å²) in [6.45, 7) is 4.29. The maximum atomic E-state index is 11.1. The number of nitrogens with zero attached hydrogens (tertiary/aromatic N) is 1. The molecule has 0 aromatic carbocycles. The lowest BCUT2D eigenvalue weighted by molar-refractivity contribution is -0.111. The molecule has 2 rings (SSSR count). The molecule has 74 valence electrons. The zero-order chi connectivity index (χ0) is 10.2. The first-order valence-electron chi connectivity index (χ1n) is 5.04. The van der Waals surface area contributed by atoms with Crippen LogP contribution in [-0.2, 0) is 11.2 Å². The van der Waals surface area contributed by atoms with Crippen LogP contribution in [0.3, 0.4) is 0 Å². The molecule has 2 heteroatoms. The second-order valence-electron chi connectivity index (χ2n) is 4.65. The Labute approximate surface area is 84.4 Å². The highest BCUT2D eigenvalue weighted by Crippen LogP contribution is 2.42. The van der Waals surface area contributed by atoms with Crippen LogP contribution in [0.25, 0.3) is 0 Å². The number of pyridine rings is 1. The van der Waals surface area contributed by atoms with Gasteiger partial charge in [-0.3, -0.25) is 4.98 Å². The molecule has 1 aromatic rings. The molecule has 1 aromatic heterocycles. The lowest BCUT2D eigenvalue weighted by Crippen LogP contribution is -2.30. The van der Waals surface area contributed by atoms with Gasteiger partial charge < -0.3 is 4.79 Å². The molecule has 0 saturated heterocycles. The lowest BCUT2D eigenvalue weighted by atomic mass is 9.69. The van der Waals surface area contributed by atoms with Crippen molar-refractivity contribution in [3.63, 3.8) is 0 Å². The van der Waals surface area contributed by atoms with Crippen molar-refractivity contribution in [2.75, 3.05) is 0 Å². The number of fused-ring (bicyclic) bond motifs is 1. The van der Waals surface area contributed by atoms with Crippen molar-refractivity contribution in [2.45, 2.75) is 32.6 Å². The minimum absolute atomic E-state index is 0.0348. The lowest BCUT2D eigenvalue weighted by Gasteiger charge is -2.35. The number of carbonyl (C=O) groups is 1. The number of hydrogen-bond donors (Lipinski definition) is 0. The molecule has 1 atom stereocenters. The van der Waals surface area contributed by atoms with Crippen molar-refractivity contribution in [3.05, 3.63) is 29.6 Å². The molecule has 0 bridgehead atoms. The second-order valence-corrected chi connectivity index (χ2v) is 4.65. The molecule has 0 spiro atoms. The molecule has 0 amide bonds. The summed E-state index contributed by atoms with van der Waals surface area (Å²) < 4.78 is 0. The largest absolute Gasteiger partial charge is 0.303 e. The topological polar surface area (TPSA) is 30.0 Å². The second kappa shape index (κ2) is 3.19. The summed E-state index contributed by atoms with van der Waals surface area (Å²) >= 11 is 0. The normalized spacial score (nSPS) is 24.0. The van der Waals surface area contributed by atoms with E-state index in [0.717, 1.165) is 24.8 Å². The monoisotopic (exact) mass is 189 g/mol. The number of carbonyl (C=O) groups excluding carboxylic acids is 1. The van der Waals surface area contributed by atoms with E-state index in [1.54, 1.807) is 6.20 Å². The van der Waals surface area contributed by atoms with Crippen molar-refractivity contribution in [1.29, 1.82) is 0 Å². The minimum atomic E-state index is -0.0348. The Balaban J connectivity index is 2.50. The van der Waals surface area contributed by atoms with E-state index in [-0.39, 0.29) is 11.3 Å².